The molecule has 64 valence electrons. The van der Waals surface area contributed by atoms with Crippen LogP contribution < -0.4 is 5.73 Å². The van der Waals surface area contributed by atoms with Crippen LogP contribution in [0.5, 0.6) is 5.75 Å². The number of nitrogens with two attached hydrogens (primary N) is 1. The van der Waals surface area contributed by atoms with Crippen LogP contribution in [-0.2, 0) is 0 Å². The smallest absolute Gasteiger partial charge is 0.335 e. The zero-order chi connectivity index (χ0) is 9.30. The van der Waals surface area contributed by atoms with Crippen molar-refractivity contribution in [1.29, 1.82) is 0 Å². The number of phenolic OH excluding ortho intramolecular Hbond substituents is 1. The molecule has 0 aliphatic heterocycles. The molecule has 0 fully saturated rings. The molecule has 4 nitrogen and oxygen atoms in total. The molecule has 0 heterocycles. The minimum Gasteiger partial charge on any atom is -0.506 e. The Morgan fingerprint density at radius 1 is 1.50 bits per heavy atom. The van der Waals surface area contributed by atoms with Crippen molar-refractivity contribution in [2.75, 3.05) is 5.73 Å². The van der Waals surface area contributed by atoms with Crippen molar-refractivity contribution in [2.24, 2.45) is 0 Å². The second-order valence-corrected chi connectivity index (χ2v) is 3.36. The summed E-state index contributed by atoms with van der Waals surface area (Å²) in [6, 6.07) is 2.53. The van der Waals surface area contributed by atoms with Gasteiger partial charge in [0.1, 0.15) is 5.75 Å². The second kappa shape index (κ2) is 3.18. The predicted molar refractivity (Wildman–Crippen MR) is 52.2 cm³/mol. The molecule has 0 unspecified atom stereocenters. The van der Waals surface area contributed by atoms with E-state index in [4.69, 9.17) is 15.9 Å². The molecule has 0 aliphatic carbocycles. The minimum atomic E-state index is -1.08. The molecular weight excluding hydrogens is 273 g/mol. The van der Waals surface area contributed by atoms with Gasteiger partial charge in [0.15, 0.2) is 0 Å². The van der Waals surface area contributed by atoms with Crippen molar-refractivity contribution in [3.8, 4) is 5.75 Å². The van der Waals surface area contributed by atoms with E-state index in [1.54, 1.807) is 0 Å². The van der Waals surface area contributed by atoms with Crippen LogP contribution in [-0.4, -0.2) is 16.2 Å². The number of carboxylic acid groups (broad SMARTS) is 1. The molecule has 4 N–H and O–H groups in total. The van der Waals surface area contributed by atoms with Gasteiger partial charge in [0, 0.05) is 3.57 Å². The van der Waals surface area contributed by atoms with E-state index in [2.05, 4.69) is 0 Å². The van der Waals surface area contributed by atoms with Crippen molar-refractivity contribution >= 4 is 34.2 Å². The summed E-state index contributed by atoms with van der Waals surface area (Å²) in [7, 11) is 0. The van der Waals surface area contributed by atoms with Gasteiger partial charge in [-0.15, -0.1) is 0 Å². The SMILES string of the molecule is Nc1c(O)cc(C(=O)O)cc1I. The highest BCUT2D eigenvalue weighted by Gasteiger charge is 2.09. The fourth-order valence-corrected chi connectivity index (χ4v) is 1.34. The van der Waals surface area contributed by atoms with Gasteiger partial charge in [0.2, 0.25) is 0 Å². The molecule has 0 spiro atoms. The van der Waals surface area contributed by atoms with Crippen LogP contribution in [0.15, 0.2) is 12.1 Å². The van der Waals surface area contributed by atoms with Crippen LogP contribution in [0, 0.1) is 3.57 Å². The van der Waals surface area contributed by atoms with Gasteiger partial charge in [-0.05, 0) is 34.7 Å². The van der Waals surface area contributed by atoms with Crippen molar-refractivity contribution in [3.63, 3.8) is 0 Å². The van der Waals surface area contributed by atoms with Gasteiger partial charge in [-0.3, -0.25) is 0 Å². The Balaban J connectivity index is 3.31. The van der Waals surface area contributed by atoms with Crippen LogP contribution in [0.2, 0.25) is 0 Å². The Morgan fingerprint density at radius 3 is 2.50 bits per heavy atom. The van der Waals surface area contributed by atoms with Crippen molar-refractivity contribution < 1.29 is 15.0 Å². The van der Waals surface area contributed by atoms with Gasteiger partial charge in [-0.1, -0.05) is 0 Å². The molecule has 5 heteroatoms. The summed E-state index contributed by atoms with van der Waals surface area (Å²) in [5, 5.41) is 17.7. The van der Waals surface area contributed by atoms with Gasteiger partial charge in [0.25, 0.3) is 0 Å². The van der Waals surface area contributed by atoms with Crippen molar-refractivity contribution in [2.45, 2.75) is 0 Å². The number of nitrogen functional groups attached to an aromatic ring is 1. The van der Waals surface area contributed by atoms with E-state index < -0.39 is 5.97 Å². The van der Waals surface area contributed by atoms with Crippen LogP contribution in [0.25, 0.3) is 0 Å². The number of carbonyl (C=O) groups is 1. The third-order valence-corrected chi connectivity index (χ3v) is 2.25. The Hall–Kier alpha value is -0.980. The molecule has 1 aromatic rings. The topological polar surface area (TPSA) is 83.5 Å². The molecule has 0 aromatic heterocycles. The highest BCUT2D eigenvalue weighted by Crippen LogP contribution is 2.27. The average Bonchev–Trinajstić information content (AvgIpc) is 1.99. The number of halogens is 1. The second-order valence-electron chi connectivity index (χ2n) is 2.20. The molecule has 1 rings (SSSR count). The van der Waals surface area contributed by atoms with Crippen LogP contribution in [0.4, 0.5) is 5.69 Å². The van der Waals surface area contributed by atoms with E-state index in [0.29, 0.717) is 3.57 Å². The highest BCUT2D eigenvalue weighted by atomic mass is 127. The summed E-state index contributed by atoms with van der Waals surface area (Å²) in [6.07, 6.45) is 0. The fraction of sp³-hybridized carbons (Fsp3) is 0. The van der Waals surface area contributed by atoms with E-state index in [-0.39, 0.29) is 17.0 Å². The first-order chi connectivity index (χ1) is 5.52. The largest absolute Gasteiger partial charge is 0.506 e. The lowest BCUT2D eigenvalue weighted by atomic mass is 10.2. The summed E-state index contributed by atoms with van der Waals surface area (Å²) < 4.78 is 0.532. The van der Waals surface area contributed by atoms with E-state index in [1.165, 1.54) is 6.07 Å². The molecule has 0 saturated carbocycles. The standard InChI is InChI=1S/C7H6INO3/c8-4-1-3(7(11)12)2-5(10)6(4)9/h1-2,10H,9H2,(H,11,12). The third kappa shape index (κ3) is 1.60. The number of aromatic carboxylic acids is 1. The average molecular weight is 279 g/mol. The molecule has 0 amide bonds. The van der Waals surface area contributed by atoms with E-state index >= 15 is 0 Å². The van der Waals surface area contributed by atoms with E-state index in [0.717, 1.165) is 6.07 Å². The van der Waals surface area contributed by atoms with Crippen LogP contribution in [0.3, 0.4) is 0 Å². The lowest BCUT2D eigenvalue weighted by Gasteiger charge is -2.02. The van der Waals surface area contributed by atoms with Crippen LogP contribution in [0.1, 0.15) is 10.4 Å². The summed E-state index contributed by atoms with van der Waals surface area (Å²) in [5.74, 6) is -1.28. The van der Waals surface area contributed by atoms with E-state index in [9.17, 15) is 4.79 Å². The summed E-state index contributed by atoms with van der Waals surface area (Å²) in [5.41, 5.74) is 5.64. The van der Waals surface area contributed by atoms with Crippen LogP contribution >= 0.6 is 22.6 Å². The first-order valence-electron chi connectivity index (χ1n) is 3.03. The minimum absolute atomic E-state index is 0.0334. The summed E-state index contributed by atoms with van der Waals surface area (Å²) in [4.78, 5) is 10.5. The first-order valence-corrected chi connectivity index (χ1v) is 4.11. The maximum Gasteiger partial charge on any atom is 0.335 e. The zero-order valence-corrected chi connectivity index (χ0v) is 8.07. The molecule has 0 bridgehead atoms. The molecule has 0 atom stereocenters. The number of anilines is 1. The monoisotopic (exact) mass is 279 g/mol. The Labute approximate surface area is 82.1 Å². The lowest BCUT2D eigenvalue weighted by Crippen LogP contribution is -1.99. The normalized spacial score (nSPS) is 9.75. The predicted octanol–water partition coefficient (Wildman–Crippen LogP) is 1.28. The Morgan fingerprint density at radius 2 is 2.08 bits per heavy atom. The van der Waals surface area contributed by atoms with E-state index in [1.807, 2.05) is 22.6 Å². The lowest BCUT2D eigenvalue weighted by molar-refractivity contribution is 0.0696. The van der Waals surface area contributed by atoms with Crippen molar-refractivity contribution in [3.05, 3.63) is 21.3 Å². The number of carboxylic acids is 1. The summed E-state index contributed by atoms with van der Waals surface area (Å²) in [6.45, 7) is 0. The molecular formula is C7H6INO3. The van der Waals surface area contributed by atoms with Crippen molar-refractivity contribution in [1.82, 2.24) is 0 Å². The number of hydrogen-bond donors (Lipinski definition) is 3. The molecule has 12 heavy (non-hydrogen) atoms. The molecule has 0 saturated heterocycles. The molecule has 0 aliphatic rings. The summed E-state index contributed by atoms with van der Waals surface area (Å²) >= 11 is 1.86. The van der Waals surface area contributed by atoms with Gasteiger partial charge >= 0.3 is 5.97 Å². The van der Waals surface area contributed by atoms with Gasteiger partial charge in [-0.2, -0.15) is 0 Å². The highest BCUT2D eigenvalue weighted by molar-refractivity contribution is 14.1. The Kier molecular flexibility index (Phi) is 2.41. The van der Waals surface area contributed by atoms with Gasteiger partial charge < -0.3 is 15.9 Å². The number of hydrogen-bond acceptors (Lipinski definition) is 3. The number of rotatable bonds is 1. The molecule has 1 aromatic carbocycles. The molecule has 0 radical (unpaired) electrons. The number of phenols is 1. The fourth-order valence-electron chi connectivity index (χ4n) is 0.727. The quantitative estimate of drug-likeness (QED) is 0.411. The number of aromatic hydroxyl groups is 1. The van der Waals surface area contributed by atoms with Gasteiger partial charge in [-0.25, -0.2) is 4.79 Å². The Bertz CT molecular complexity index is 314. The first kappa shape index (κ1) is 9.11. The van der Waals surface area contributed by atoms with Gasteiger partial charge in [0.05, 0.1) is 11.3 Å². The number of benzene rings is 1. The third-order valence-electron chi connectivity index (χ3n) is 1.35. The maximum absolute atomic E-state index is 10.5. The zero-order valence-electron chi connectivity index (χ0n) is 5.91. The maximum atomic E-state index is 10.5.